The lowest BCUT2D eigenvalue weighted by Gasteiger charge is -2.16. The fourth-order valence-corrected chi connectivity index (χ4v) is 5.78. The predicted molar refractivity (Wildman–Crippen MR) is 134 cm³/mol. The van der Waals surface area contributed by atoms with Crippen LogP contribution in [0.4, 0.5) is 0 Å². The first-order chi connectivity index (χ1) is 15.9. The van der Waals surface area contributed by atoms with Gasteiger partial charge < -0.3 is 0 Å². The first kappa shape index (κ1) is 17.9. The third-order valence-electron chi connectivity index (χ3n) is 5.84. The van der Waals surface area contributed by atoms with Gasteiger partial charge in [0.25, 0.3) is 0 Å². The van der Waals surface area contributed by atoms with Crippen molar-refractivity contribution >= 4 is 64.9 Å². The summed E-state index contributed by atoms with van der Waals surface area (Å²) >= 11 is 3.14. The van der Waals surface area contributed by atoms with Gasteiger partial charge in [-0.15, -0.1) is 22.7 Å². The Morgan fingerprint density at radius 1 is 0.469 bits per heavy atom. The summed E-state index contributed by atoms with van der Waals surface area (Å²) < 4.78 is 0. The standard InChI is InChI=1S/C26H14N4S2/c1-2-6-16-15(5-1)23(19-9-11-21-25(29-19)31-13-27-21)17-7-3-4-8-18(17)24(16)20-10-12-22-26(30-20)32-14-28-22/h1-14H. The highest BCUT2D eigenvalue weighted by Crippen LogP contribution is 2.43. The minimum Gasteiger partial charge on any atom is -0.243 e. The number of thiazole rings is 2. The minimum atomic E-state index is 0.936. The molecule has 0 aliphatic heterocycles. The molecule has 0 saturated carbocycles. The third kappa shape index (κ3) is 2.60. The molecular formula is C26H14N4S2. The molecule has 0 fully saturated rings. The van der Waals surface area contributed by atoms with Crippen molar-refractivity contribution in [2.75, 3.05) is 0 Å². The summed E-state index contributed by atoms with van der Waals surface area (Å²) in [5.41, 5.74) is 9.79. The Morgan fingerprint density at radius 2 is 0.875 bits per heavy atom. The highest BCUT2D eigenvalue weighted by atomic mass is 32.1. The second-order valence-corrected chi connectivity index (χ2v) is 9.25. The van der Waals surface area contributed by atoms with Crippen molar-refractivity contribution in [1.29, 1.82) is 0 Å². The largest absolute Gasteiger partial charge is 0.243 e. The summed E-state index contributed by atoms with van der Waals surface area (Å²) in [6.45, 7) is 0. The van der Waals surface area contributed by atoms with Gasteiger partial charge in [-0.25, -0.2) is 19.9 Å². The Kier molecular flexibility index (Phi) is 3.85. The summed E-state index contributed by atoms with van der Waals surface area (Å²) in [5, 5.41) is 4.68. The van der Waals surface area contributed by atoms with E-state index in [1.54, 1.807) is 22.7 Å². The van der Waals surface area contributed by atoms with Gasteiger partial charge in [0.1, 0.15) is 9.66 Å². The van der Waals surface area contributed by atoms with Gasteiger partial charge in [0.15, 0.2) is 0 Å². The molecule has 7 aromatic rings. The van der Waals surface area contributed by atoms with Crippen LogP contribution in [0.5, 0.6) is 0 Å². The van der Waals surface area contributed by atoms with Gasteiger partial charge in [-0.1, -0.05) is 48.5 Å². The summed E-state index contributed by atoms with van der Waals surface area (Å²) in [7, 11) is 0. The van der Waals surface area contributed by atoms with E-state index in [0.717, 1.165) is 43.2 Å². The maximum Gasteiger partial charge on any atom is 0.143 e. The topological polar surface area (TPSA) is 51.6 Å². The van der Waals surface area contributed by atoms with E-state index in [1.165, 1.54) is 21.5 Å². The summed E-state index contributed by atoms with van der Waals surface area (Å²) in [4.78, 5) is 20.7. The van der Waals surface area contributed by atoms with Gasteiger partial charge in [-0.05, 0) is 45.8 Å². The lowest BCUT2D eigenvalue weighted by Crippen LogP contribution is -1.93. The molecule has 0 aliphatic rings. The number of nitrogens with zero attached hydrogens (tertiary/aromatic N) is 4. The molecule has 0 unspecified atom stereocenters. The third-order valence-corrected chi connectivity index (χ3v) is 7.31. The molecule has 0 N–H and O–H groups in total. The molecule has 0 bridgehead atoms. The molecule has 6 heteroatoms. The average molecular weight is 447 g/mol. The molecule has 4 nitrogen and oxygen atoms in total. The van der Waals surface area contributed by atoms with Crippen LogP contribution in [-0.2, 0) is 0 Å². The zero-order chi connectivity index (χ0) is 21.1. The van der Waals surface area contributed by atoms with Gasteiger partial charge in [0.2, 0.25) is 0 Å². The van der Waals surface area contributed by atoms with Crippen LogP contribution >= 0.6 is 22.7 Å². The number of benzene rings is 3. The van der Waals surface area contributed by atoms with Crippen molar-refractivity contribution < 1.29 is 0 Å². The lowest BCUT2D eigenvalue weighted by atomic mass is 9.88. The predicted octanol–water partition coefficient (Wildman–Crippen LogP) is 7.34. The molecule has 150 valence electrons. The van der Waals surface area contributed by atoms with E-state index in [4.69, 9.17) is 9.97 Å². The van der Waals surface area contributed by atoms with Crippen LogP contribution in [0.15, 0.2) is 83.8 Å². The van der Waals surface area contributed by atoms with Gasteiger partial charge in [0.05, 0.1) is 33.4 Å². The van der Waals surface area contributed by atoms with E-state index < -0.39 is 0 Å². The maximum absolute atomic E-state index is 4.98. The SMILES string of the molecule is c1ccc2c(-c3ccc4ncsc4n3)c3ccccc3c(-c3ccc4ncsc4n3)c2c1. The van der Waals surface area contributed by atoms with Gasteiger partial charge in [-0.3, -0.25) is 0 Å². The van der Waals surface area contributed by atoms with E-state index in [9.17, 15) is 0 Å². The highest BCUT2D eigenvalue weighted by Gasteiger charge is 2.18. The molecule has 32 heavy (non-hydrogen) atoms. The average Bonchev–Trinajstić information content (AvgIpc) is 3.50. The molecule has 0 aliphatic carbocycles. The Balaban J connectivity index is 1.64. The second-order valence-electron chi connectivity index (χ2n) is 7.59. The quantitative estimate of drug-likeness (QED) is 0.261. The molecule has 0 saturated heterocycles. The molecule has 0 spiro atoms. The fraction of sp³-hybridized carbons (Fsp3) is 0. The van der Waals surface area contributed by atoms with E-state index in [2.05, 4.69) is 82.8 Å². The normalized spacial score (nSPS) is 11.8. The van der Waals surface area contributed by atoms with Crippen molar-refractivity contribution in [3.8, 4) is 22.5 Å². The molecule has 4 heterocycles. The molecule has 0 radical (unpaired) electrons. The number of rotatable bonds is 2. The zero-order valence-corrected chi connectivity index (χ0v) is 18.3. The number of fused-ring (bicyclic) bond motifs is 4. The van der Waals surface area contributed by atoms with Gasteiger partial charge >= 0.3 is 0 Å². The number of hydrogen-bond acceptors (Lipinski definition) is 6. The fourth-order valence-electron chi connectivity index (χ4n) is 4.46. The van der Waals surface area contributed by atoms with Crippen molar-refractivity contribution in [1.82, 2.24) is 19.9 Å². The maximum atomic E-state index is 4.98. The van der Waals surface area contributed by atoms with Crippen molar-refractivity contribution in [3.63, 3.8) is 0 Å². The van der Waals surface area contributed by atoms with Crippen molar-refractivity contribution in [2.45, 2.75) is 0 Å². The number of hydrogen-bond donors (Lipinski definition) is 0. The van der Waals surface area contributed by atoms with Crippen LogP contribution in [-0.4, -0.2) is 19.9 Å². The van der Waals surface area contributed by atoms with Gasteiger partial charge in [0, 0.05) is 11.1 Å². The first-order valence-corrected chi connectivity index (χ1v) is 12.0. The summed E-state index contributed by atoms with van der Waals surface area (Å²) in [5.74, 6) is 0. The van der Waals surface area contributed by atoms with Crippen LogP contribution in [0.3, 0.4) is 0 Å². The van der Waals surface area contributed by atoms with Crippen LogP contribution in [0.2, 0.25) is 0 Å². The Morgan fingerprint density at radius 3 is 1.28 bits per heavy atom. The smallest absolute Gasteiger partial charge is 0.143 e. The number of aromatic nitrogens is 4. The van der Waals surface area contributed by atoms with E-state index >= 15 is 0 Å². The van der Waals surface area contributed by atoms with E-state index in [-0.39, 0.29) is 0 Å². The van der Waals surface area contributed by atoms with Crippen molar-refractivity contribution in [2.24, 2.45) is 0 Å². The first-order valence-electron chi connectivity index (χ1n) is 10.2. The molecule has 4 aromatic heterocycles. The van der Waals surface area contributed by atoms with Gasteiger partial charge in [-0.2, -0.15) is 0 Å². The van der Waals surface area contributed by atoms with E-state index in [1.807, 2.05) is 11.0 Å². The van der Waals surface area contributed by atoms with Crippen LogP contribution in [0.1, 0.15) is 0 Å². The molecule has 0 atom stereocenters. The molecular weight excluding hydrogens is 432 g/mol. The van der Waals surface area contributed by atoms with Crippen molar-refractivity contribution in [3.05, 3.63) is 83.8 Å². The Bertz CT molecular complexity index is 1610. The Labute approximate surface area is 190 Å². The van der Waals surface area contributed by atoms with Crippen LogP contribution < -0.4 is 0 Å². The minimum absolute atomic E-state index is 0.936. The van der Waals surface area contributed by atoms with Crippen LogP contribution in [0.25, 0.3) is 64.8 Å². The summed E-state index contributed by atoms with van der Waals surface area (Å²) in [6, 6.07) is 25.4. The number of pyridine rings is 2. The van der Waals surface area contributed by atoms with Crippen LogP contribution in [0, 0.1) is 0 Å². The molecule has 0 amide bonds. The summed E-state index contributed by atoms with van der Waals surface area (Å²) in [6.07, 6.45) is 0. The monoisotopic (exact) mass is 446 g/mol. The lowest BCUT2D eigenvalue weighted by molar-refractivity contribution is 1.40. The molecule has 3 aromatic carbocycles. The van der Waals surface area contributed by atoms with E-state index in [0.29, 0.717) is 0 Å². The zero-order valence-electron chi connectivity index (χ0n) is 16.7. The highest BCUT2D eigenvalue weighted by molar-refractivity contribution is 7.16. The molecule has 7 rings (SSSR count). The Hall–Kier alpha value is -3.74. The second kappa shape index (κ2) is 6.88.